The molecule has 3 rings (SSSR count). The average Bonchev–Trinajstić information content (AvgIpc) is 3.09. The number of amides is 1. The van der Waals surface area contributed by atoms with Crippen molar-refractivity contribution in [1.82, 2.24) is 5.32 Å². The van der Waals surface area contributed by atoms with Gasteiger partial charge in [-0.3, -0.25) is 4.79 Å². The van der Waals surface area contributed by atoms with Gasteiger partial charge in [-0.1, -0.05) is 17.7 Å². The van der Waals surface area contributed by atoms with Gasteiger partial charge in [-0.05, 0) is 42.8 Å². The molecular weight excluding hydrogens is 360 g/mol. The highest BCUT2D eigenvalue weighted by Gasteiger charge is 2.20. The number of rotatable bonds is 5. The van der Waals surface area contributed by atoms with Crippen molar-refractivity contribution >= 4 is 29.2 Å². The first-order valence-electron chi connectivity index (χ1n) is 7.86. The number of nitrogens with one attached hydrogen (secondary N) is 1. The zero-order valence-corrected chi connectivity index (χ0v) is 14.7. The number of hydrogen-bond acceptors (Lipinski definition) is 6. The molecule has 2 aromatic rings. The van der Waals surface area contributed by atoms with E-state index in [4.69, 9.17) is 31.5 Å². The van der Waals surface area contributed by atoms with Crippen molar-refractivity contribution in [2.45, 2.75) is 19.6 Å². The molecule has 0 radical (unpaired) electrons. The topological polar surface area (TPSA) is 99.9 Å². The Balaban J connectivity index is 1.54. The Morgan fingerprint density at radius 3 is 2.77 bits per heavy atom. The molecule has 0 spiro atoms. The van der Waals surface area contributed by atoms with E-state index in [0.717, 1.165) is 5.56 Å². The molecule has 0 bridgehead atoms. The summed E-state index contributed by atoms with van der Waals surface area (Å²) >= 11 is 5.82. The van der Waals surface area contributed by atoms with Crippen LogP contribution in [0, 0.1) is 0 Å². The first-order valence-corrected chi connectivity index (χ1v) is 8.24. The Hall–Kier alpha value is -2.93. The summed E-state index contributed by atoms with van der Waals surface area (Å²) < 4.78 is 15.7. The highest BCUT2D eigenvalue weighted by Crippen LogP contribution is 2.32. The number of carbonyl (C=O) groups excluding carboxylic acids is 2. The predicted octanol–water partition coefficient (Wildman–Crippen LogP) is 2.51. The molecule has 136 valence electrons. The zero-order valence-electron chi connectivity index (χ0n) is 14.0. The maximum atomic E-state index is 12.1. The lowest BCUT2D eigenvalue weighted by molar-refractivity contribution is -0.129. The van der Waals surface area contributed by atoms with E-state index in [0.29, 0.717) is 16.5 Å². The van der Waals surface area contributed by atoms with E-state index in [1.54, 1.807) is 12.1 Å². The third kappa shape index (κ3) is 4.00. The average molecular weight is 377 g/mol. The summed E-state index contributed by atoms with van der Waals surface area (Å²) in [6.07, 6.45) is -0.964. The van der Waals surface area contributed by atoms with Crippen LogP contribution in [-0.2, 0) is 16.1 Å². The molecule has 1 heterocycles. The maximum Gasteiger partial charge on any atom is 0.338 e. The van der Waals surface area contributed by atoms with Crippen LogP contribution >= 0.6 is 11.6 Å². The molecule has 3 N–H and O–H groups in total. The van der Waals surface area contributed by atoms with Crippen LogP contribution in [0.2, 0.25) is 5.02 Å². The van der Waals surface area contributed by atoms with E-state index in [-0.39, 0.29) is 24.6 Å². The van der Waals surface area contributed by atoms with Crippen LogP contribution in [0.25, 0.3) is 0 Å². The van der Waals surface area contributed by atoms with Gasteiger partial charge in [0, 0.05) is 6.54 Å². The van der Waals surface area contributed by atoms with Crippen LogP contribution in [0.1, 0.15) is 22.8 Å². The van der Waals surface area contributed by atoms with Gasteiger partial charge in [-0.2, -0.15) is 0 Å². The Kier molecular flexibility index (Phi) is 5.18. The standard InChI is InChI=1S/C18H17ClN2O5/c1-10(26-18(23)12-3-4-13(19)14(20)7-12)17(22)21-8-11-2-5-15-16(6-11)25-9-24-15/h2-7,10H,8-9,20H2,1H3,(H,21,22). The molecule has 0 aromatic heterocycles. The van der Waals surface area contributed by atoms with Crippen LogP contribution in [-0.4, -0.2) is 24.8 Å². The Labute approximate surface area is 155 Å². The van der Waals surface area contributed by atoms with Gasteiger partial charge in [-0.25, -0.2) is 4.79 Å². The number of hydrogen-bond donors (Lipinski definition) is 2. The number of carbonyl (C=O) groups is 2. The number of fused-ring (bicyclic) bond motifs is 1. The van der Waals surface area contributed by atoms with Crippen molar-refractivity contribution in [3.63, 3.8) is 0 Å². The Bertz CT molecular complexity index is 855. The minimum Gasteiger partial charge on any atom is -0.454 e. The monoisotopic (exact) mass is 376 g/mol. The molecule has 0 saturated heterocycles. The summed E-state index contributed by atoms with van der Waals surface area (Å²) in [7, 11) is 0. The molecule has 8 heteroatoms. The lowest BCUT2D eigenvalue weighted by atomic mass is 10.2. The van der Waals surface area contributed by atoms with Gasteiger partial charge in [0.15, 0.2) is 17.6 Å². The molecular formula is C18H17ClN2O5. The van der Waals surface area contributed by atoms with E-state index < -0.39 is 18.0 Å². The summed E-state index contributed by atoms with van der Waals surface area (Å²) in [5.41, 5.74) is 6.99. The molecule has 7 nitrogen and oxygen atoms in total. The van der Waals surface area contributed by atoms with E-state index in [9.17, 15) is 9.59 Å². The summed E-state index contributed by atoms with van der Waals surface area (Å²) in [6, 6.07) is 9.77. The van der Waals surface area contributed by atoms with Crippen molar-refractivity contribution < 1.29 is 23.8 Å². The van der Waals surface area contributed by atoms with Gasteiger partial charge >= 0.3 is 5.97 Å². The first kappa shape index (κ1) is 17.9. The van der Waals surface area contributed by atoms with Gasteiger partial charge in [0.25, 0.3) is 5.91 Å². The molecule has 1 atom stereocenters. The van der Waals surface area contributed by atoms with Gasteiger partial charge in [0.2, 0.25) is 6.79 Å². The van der Waals surface area contributed by atoms with Crippen LogP contribution in [0.5, 0.6) is 11.5 Å². The highest BCUT2D eigenvalue weighted by atomic mass is 35.5. The molecule has 1 amide bonds. The molecule has 2 aromatic carbocycles. The largest absolute Gasteiger partial charge is 0.454 e. The Morgan fingerprint density at radius 2 is 2.00 bits per heavy atom. The van der Waals surface area contributed by atoms with Crippen LogP contribution in [0.3, 0.4) is 0 Å². The normalized spacial score (nSPS) is 13.2. The molecule has 0 saturated carbocycles. The quantitative estimate of drug-likeness (QED) is 0.614. The number of halogens is 1. The third-order valence-corrected chi connectivity index (χ3v) is 4.13. The number of benzene rings is 2. The van der Waals surface area contributed by atoms with Gasteiger partial charge in [-0.15, -0.1) is 0 Å². The molecule has 0 fully saturated rings. The Morgan fingerprint density at radius 1 is 1.23 bits per heavy atom. The SMILES string of the molecule is CC(OC(=O)c1ccc(Cl)c(N)c1)C(=O)NCc1ccc2c(c1)OCO2. The minimum absolute atomic E-state index is 0.188. The molecule has 0 aliphatic carbocycles. The maximum absolute atomic E-state index is 12.1. The molecule has 26 heavy (non-hydrogen) atoms. The van der Waals surface area contributed by atoms with E-state index in [1.165, 1.54) is 25.1 Å². The second kappa shape index (κ2) is 7.53. The second-order valence-corrected chi connectivity index (χ2v) is 6.10. The molecule has 1 aliphatic rings. The van der Waals surface area contributed by atoms with Crippen molar-refractivity contribution in [1.29, 1.82) is 0 Å². The second-order valence-electron chi connectivity index (χ2n) is 5.69. The molecule has 1 aliphatic heterocycles. The van der Waals surface area contributed by atoms with Gasteiger partial charge in [0.05, 0.1) is 16.3 Å². The fourth-order valence-corrected chi connectivity index (χ4v) is 2.45. The third-order valence-electron chi connectivity index (χ3n) is 3.79. The zero-order chi connectivity index (χ0) is 18.7. The smallest absolute Gasteiger partial charge is 0.338 e. The summed E-state index contributed by atoms with van der Waals surface area (Å²) in [4.78, 5) is 24.2. The van der Waals surface area contributed by atoms with E-state index >= 15 is 0 Å². The first-order chi connectivity index (χ1) is 12.4. The van der Waals surface area contributed by atoms with Crippen molar-refractivity contribution in [2.75, 3.05) is 12.5 Å². The van der Waals surface area contributed by atoms with Gasteiger partial charge in [0.1, 0.15) is 0 Å². The number of nitrogen functional groups attached to an aromatic ring is 1. The molecule has 1 unspecified atom stereocenters. The van der Waals surface area contributed by atoms with Crippen molar-refractivity contribution in [3.05, 3.63) is 52.5 Å². The minimum atomic E-state index is -0.964. The fraction of sp³-hybridized carbons (Fsp3) is 0.222. The van der Waals surface area contributed by atoms with Gasteiger partial charge < -0.3 is 25.3 Å². The summed E-state index contributed by atoms with van der Waals surface area (Å²) in [5.74, 6) is 0.234. The summed E-state index contributed by atoms with van der Waals surface area (Å²) in [5, 5.41) is 3.05. The number of nitrogens with two attached hydrogens (primary N) is 1. The number of esters is 1. The van der Waals surface area contributed by atoms with E-state index in [2.05, 4.69) is 5.32 Å². The summed E-state index contributed by atoms with van der Waals surface area (Å²) in [6.45, 7) is 1.95. The highest BCUT2D eigenvalue weighted by molar-refractivity contribution is 6.33. The van der Waals surface area contributed by atoms with Crippen molar-refractivity contribution in [2.24, 2.45) is 0 Å². The van der Waals surface area contributed by atoms with Crippen LogP contribution < -0.4 is 20.5 Å². The predicted molar refractivity (Wildman–Crippen MR) is 95.2 cm³/mol. The van der Waals surface area contributed by atoms with Crippen LogP contribution in [0.4, 0.5) is 5.69 Å². The number of anilines is 1. The number of ether oxygens (including phenoxy) is 3. The van der Waals surface area contributed by atoms with Crippen LogP contribution in [0.15, 0.2) is 36.4 Å². The van der Waals surface area contributed by atoms with Crippen molar-refractivity contribution in [3.8, 4) is 11.5 Å². The van der Waals surface area contributed by atoms with E-state index in [1.807, 2.05) is 6.07 Å². The fourth-order valence-electron chi connectivity index (χ4n) is 2.34. The lowest BCUT2D eigenvalue weighted by Crippen LogP contribution is -2.35. The lowest BCUT2D eigenvalue weighted by Gasteiger charge is -2.14.